The molecule has 1 saturated carbocycles. The molecule has 0 radical (unpaired) electrons. The highest BCUT2D eigenvalue weighted by Gasteiger charge is 2.20. The third kappa shape index (κ3) is 5.18. The maximum Gasteiger partial charge on any atom is 0.222 e. The molecular formula is C19H29NO. The first-order valence-electron chi connectivity index (χ1n) is 8.48. The SMILES string of the molecule is Cc1ccc(CCCC(=O)N(C)C2CCCCCC2)cc1. The zero-order valence-electron chi connectivity index (χ0n) is 13.6. The molecule has 2 nitrogen and oxygen atoms in total. The van der Waals surface area contributed by atoms with Crippen LogP contribution >= 0.6 is 0 Å². The van der Waals surface area contributed by atoms with E-state index >= 15 is 0 Å². The number of nitrogens with zero attached hydrogens (tertiary/aromatic N) is 1. The van der Waals surface area contributed by atoms with Gasteiger partial charge in [-0.3, -0.25) is 4.79 Å². The van der Waals surface area contributed by atoms with Gasteiger partial charge in [-0.25, -0.2) is 0 Å². The average molecular weight is 287 g/mol. The number of benzene rings is 1. The van der Waals surface area contributed by atoms with E-state index in [-0.39, 0.29) is 0 Å². The van der Waals surface area contributed by atoms with Gasteiger partial charge in [0.05, 0.1) is 0 Å². The highest BCUT2D eigenvalue weighted by molar-refractivity contribution is 5.76. The van der Waals surface area contributed by atoms with Crippen LogP contribution in [0.1, 0.15) is 62.5 Å². The number of hydrogen-bond acceptors (Lipinski definition) is 1. The topological polar surface area (TPSA) is 20.3 Å². The second-order valence-electron chi connectivity index (χ2n) is 6.49. The molecule has 2 heteroatoms. The molecule has 1 aliphatic carbocycles. The summed E-state index contributed by atoms with van der Waals surface area (Å²) in [7, 11) is 2.00. The summed E-state index contributed by atoms with van der Waals surface area (Å²) in [5, 5.41) is 0. The second-order valence-corrected chi connectivity index (χ2v) is 6.49. The molecule has 116 valence electrons. The fourth-order valence-corrected chi connectivity index (χ4v) is 3.22. The van der Waals surface area contributed by atoms with Crippen molar-refractivity contribution >= 4 is 5.91 Å². The molecule has 0 spiro atoms. The van der Waals surface area contributed by atoms with Gasteiger partial charge in [-0.15, -0.1) is 0 Å². The van der Waals surface area contributed by atoms with Crippen molar-refractivity contribution in [3.63, 3.8) is 0 Å². The lowest BCUT2D eigenvalue weighted by molar-refractivity contribution is -0.132. The number of carbonyl (C=O) groups excluding carboxylic acids is 1. The molecule has 1 amide bonds. The molecule has 1 fully saturated rings. The number of carbonyl (C=O) groups is 1. The number of rotatable bonds is 5. The quantitative estimate of drug-likeness (QED) is 0.730. The maximum atomic E-state index is 12.3. The maximum absolute atomic E-state index is 12.3. The Morgan fingerprint density at radius 2 is 1.71 bits per heavy atom. The van der Waals surface area contributed by atoms with Crippen molar-refractivity contribution < 1.29 is 4.79 Å². The standard InChI is InChI=1S/C19H29NO/c1-16-12-14-17(15-13-16)8-7-11-19(21)20(2)18-9-5-3-4-6-10-18/h12-15,18H,3-11H2,1-2H3. The Morgan fingerprint density at radius 3 is 2.33 bits per heavy atom. The first-order valence-corrected chi connectivity index (χ1v) is 8.48. The summed E-state index contributed by atoms with van der Waals surface area (Å²) in [6.45, 7) is 2.11. The predicted octanol–water partition coefficient (Wildman–Crippen LogP) is 4.50. The molecular weight excluding hydrogens is 258 g/mol. The summed E-state index contributed by atoms with van der Waals surface area (Å²) in [5.74, 6) is 0.328. The van der Waals surface area contributed by atoms with Crippen molar-refractivity contribution in [1.29, 1.82) is 0 Å². The van der Waals surface area contributed by atoms with Crippen LogP contribution in [-0.4, -0.2) is 23.9 Å². The van der Waals surface area contributed by atoms with E-state index in [0.29, 0.717) is 18.4 Å². The molecule has 0 saturated heterocycles. The van der Waals surface area contributed by atoms with Gasteiger partial charge in [-0.05, 0) is 38.2 Å². The first kappa shape index (κ1) is 16.1. The average Bonchev–Trinajstić information content (AvgIpc) is 2.77. The lowest BCUT2D eigenvalue weighted by Gasteiger charge is -2.27. The van der Waals surface area contributed by atoms with Crippen LogP contribution in [-0.2, 0) is 11.2 Å². The Bertz CT molecular complexity index is 429. The molecule has 0 aromatic heterocycles. The van der Waals surface area contributed by atoms with Crippen molar-refractivity contribution in [2.45, 2.75) is 70.8 Å². The molecule has 21 heavy (non-hydrogen) atoms. The Kier molecular flexibility index (Phi) is 6.28. The summed E-state index contributed by atoms with van der Waals surface area (Å²) < 4.78 is 0. The van der Waals surface area contributed by atoms with Crippen LogP contribution in [0.25, 0.3) is 0 Å². The molecule has 0 aliphatic heterocycles. The highest BCUT2D eigenvalue weighted by Crippen LogP contribution is 2.21. The van der Waals surface area contributed by atoms with E-state index < -0.39 is 0 Å². The van der Waals surface area contributed by atoms with Crippen LogP contribution in [0.2, 0.25) is 0 Å². The second kappa shape index (κ2) is 8.21. The molecule has 0 heterocycles. The lowest BCUT2D eigenvalue weighted by atomic mass is 10.0. The van der Waals surface area contributed by atoms with Crippen LogP contribution in [0.4, 0.5) is 0 Å². The molecule has 0 bridgehead atoms. The van der Waals surface area contributed by atoms with E-state index in [1.165, 1.54) is 49.7 Å². The third-order valence-corrected chi connectivity index (χ3v) is 4.74. The Labute approximate surface area is 129 Å². The summed E-state index contributed by atoms with van der Waals surface area (Å²) in [4.78, 5) is 14.4. The summed E-state index contributed by atoms with van der Waals surface area (Å²) in [5.41, 5.74) is 2.63. The van der Waals surface area contributed by atoms with Gasteiger partial charge in [-0.1, -0.05) is 55.5 Å². The van der Waals surface area contributed by atoms with Gasteiger partial charge in [0.25, 0.3) is 0 Å². The first-order chi connectivity index (χ1) is 10.2. The van der Waals surface area contributed by atoms with Gasteiger partial charge in [0, 0.05) is 19.5 Å². The summed E-state index contributed by atoms with van der Waals surface area (Å²) >= 11 is 0. The fraction of sp³-hybridized carbons (Fsp3) is 0.632. The minimum atomic E-state index is 0.328. The van der Waals surface area contributed by atoms with E-state index in [1.807, 2.05) is 11.9 Å². The van der Waals surface area contributed by atoms with Crippen LogP contribution in [0, 0.1) is 6.92 Å². The monoisotopic (exact) mass is 287 g/mol. The smallest absolute Gasteiger partial charge is 0.222 e. The Balaban J connectivity index is 1.74. The number of aryl methyl sites for hydroxylation is 2. The summed E-state index contributed by atoms with van der Waals surface area (Å²) in [6.07, 6.45) is 10.3. The lowest BCUT2D eigenvalue weighted by Crippen LogP contribution is -2.36. The molecule has 0 atom stereocenters. The molecule has 1 aromatic carbocycles. The normalized spacial score (nSPS) is 16.5. The summed E-state index contributed by atoms with van der Waals surface area (Å²) in [6, 6.07) is 9.13. The largest absolute Gasteiger partial charge is 0.343 e. The van der Waals surface area contributed by atoms with Gasteiger partial charge >= 0.3 is 0 Å². The van der Waals surface area contributed by atoms with Gasteiger partial charge in [0.15, 0.2) is 0 Å². The molecule has 0 unspecified atom stereocenters. The molecule has 1 aliphatic rings. The van der Waals surface area contributed by atoms with Gasteiger partial charge in [0.2, 0.25) is 5.91 Å². The molecule has 0 N–H and O–H groups in total. The van der Waals surface area contributed by atoms with Crippen LogP contribution < -0.4 is 0 Å². The minimum Gasteiger partial charge on any atom is -0.343 e. The predicted molar refractivity (Wildman–Crippen MR) is 88.4 cm³/mol. The fourth-order valence-electron chi connectivity index (χ4n) is 3.22. The van der Waals surface area contributed by atoms with Crippen LogP contribution in [0.3, 0.4) is 0 Å². The van der Waals surface area contributed by atoms with Crippen molar-refractivity contribution in [3.8, 4) is 0 Å². The van der Waals surface area contributed by atoms with E-state index in [0.717, 1.165) is 12.8 Å². The third-order valence-electron chi connectivity index (χ3n) is 4.74. The van der Waals surface area contributed by atoms with Gasteiger partial charge in [0.1, 0.15) is 0 Å². The zero-order valence-corrected chi connectivity index (χ0v) is 13.6. The number of amides is 1. The van der Waals surface area contributed by atoms with E-state index in [2.05, 4.69) is 31.2 Å². The Hall–Kier alpha value is -1.31. The molecule has 2 rings (SSSR count). The minimum absolute atomic E-state index is 0.328. The van der Waals surface area contributed by atoms with Crippen molar-refractivity contribution in [2.75, 3.05) is 7.05 Å². The Morgan fingerprint density at radius 1 is 1.10 bits per heavy atom. The van der Waals surface area contributed by atoms with Crippen LogP contribution in [0.15, 0.2) is 24.3 Å². The van der Waals surface area contributed by atoms with Crippen molar-refractivity contribution in [1.82, 2.24) is 4.90 Å². The van der Waals surface area contributed by atoms with Crippen molar-refractivity contribution in [2.24, 2.45) is 0 Å². The van der Waals surface area contributed by atoms with E-state index in [1.54, 1.807) is 0 Å². The van der Waals surface area contributed by atoms with Crippen LogP contribution in [0.5, 0.6) is 0 Å². The molecule has 1 aromatic rings. The van der Waals surface area contributed by atoms with E-state index in [4.69, 9.17) is 0 Å². The number of hydrogen-bond donors (Lipinski definition) is 0. The van der Waals surface area contributed by atoms with Crippen molar-refractivity contribution in [3.05, 3.63) is 35.4 Å². The van der Waals surface area contributed by atoms with E-state index in [9.17, 15) is 4.79 Å². The van der Waals surface area contributed by atoms with Gasteiger partial charge in [-0.2, -0.15) is 0 Å². The zero-order chi connectivity index (χ0) is 15.1. The highest BCUT2D eigenvalue weighted by atomic mass is 16.2. The van der Waals surface area contributed by atoms with Gasteiger partial charge < -0.3 is 4.90 Å².